The number of amidine groups is 1. The third kappa shape index (κ3) is 2.17. The summed E-state index contributed by atoms with van der Waals surface area (Å²) in [5.41, 5.74) is 0. The van der Waals surface area contributed by atoms with E-state index < -0.39 is 0 Å². The minimum Gasteiger partial charge on any atom is -0.374 e. The van der Waals surface area contributed by atoms with Crippen LogP contribution in [0.3, 0.4) is 0 Å². The molecule has 1 heterocycles. The smallest absolute Gasteiger partial charge is 0.0988 e. The first kappa shape index (κ1) is 10.9. The van der Waals surface area contributed by atoms with Crippen LogP contribution >= 0.6 is 0 Å². The van der Waals surface area contributed by atoms with Crippen LogP contribution in [0.4, 0.5) is 0 Å². The molecule has 2 fully saturated rings. The van der Waals surface area contributed by atoms with Crippen LogP contribution in [0.15, 0.2) is 0 Å². The van der Waals surface area contributed by atoms with E-state index >= 15 is 0 Å². The molecule has 1 saturated heterocycles. The number of hydrogen-bond donors (Lipinski definition) is 1. The molecule has 0 aromatic carbocycles. The number of nitrogens with zero attached hydrogens (tertiary/aromatic N) is 1. The van der Waals surface area contributed by atoms with E-state index in [-0.39, 0.29) is 0 Å². The van der Waals surface area contributed by atoms with Gasteiger partial charge in [-0.15, -0.1) is 0 Å². The molecule has 1 N–H and O–H groups in total. The molecule has 2 rings (SSSR count). The van der Waals surface area contributed by atoms with Crippen molar-refractivity contribution < 1.29 is 4.74 Å². The van der Waals surface area contributed by atoms with Gasteiger partial charge in [0.25, 0.3) is 0 Å². The topological polar surface area (TPSA) is 36.3 Å². The van der Waals surface area contributed by atoms with Crippen LogP contribution in [0, 0.1) is 11.3 Å². The zero-order valence-corrected chi connectivity index (χ0v) is 9.83. The van der Waals surface area contributed by atoms with Gasteiger partial charge in [-0.25, -0.2) is 0 Å². The van der Waals surface area contributed by atoms with Crippen molar-refractivity contribution in [1.82, 2.24) is 4.90 Å². The Morgan fingerprint density at radius 2 is 2.07 bits per heavy atom. The van der Waals surface area contributed by atoms with Gasteiger partial charge in [-0.1, -0.05) is 26.7 Å². The predicted molar refractivity (Wildman–Crippen MR) is 61.3 cm³/mol. The van der Waals surface area contributed by atoms with E-state index in [1.165, 1.54) is 25.7 Å². The maximum atomic E-state index is 8.13. The highest BCUT2D eigenvalue weighted by atomic mass is 16.5. The molecular formula is C12H22N2O. The van der Waals surface area contributed by atoms with Gasteiger partial charge < -0.3 is 9.64 Å². The lowest BCUT2D eigenvalue weighted by Crippen LogP contribution is -2.55. The molecule has 1 saturated carbocycles. The van der Waals surface area contributed by atoms with Gasteiger partial charge in [0.2, 0.25) is 0 Å². The molecule has 0 spiro atoms. The Bertz CT molecular complexity index is 238. The minimum atomic E-state index is 0.339. The van der Waals surface area contributed by atoms with Crippen LogP contribution in [0.25, 0.3) is 0 Å². The Labute approximate surface area is 92.3 Å². The number of rotatable bonds is 1. The van der Waals surface area contributed by atoms with Gasteiger partial charge in [0, 0.05) is 12.5 Å². The van der Waals surface area contributed by atoms with E-state index in [9.17, 15) is 0 Å². The fourth-order valence-corrected chi connectivity index (χ4v) is 2.73. The summed E-state index contributed by atoms with van der Waals surface area (Å²) in [6, 6.07) is 0.488. The van der Waals surface area contributed by atoms with Crippen molar-refractivity contribution in [3.63, 3.8) is 0 Å². The fraction of sp³-hybridized carbons (Fsp3) is 0.917. The van der Waals surface area contributed by atoms with Gasteiger partial charge in [-0.05, 0) is 12.8 Å². The SMILES string of the molecule is CC(C)C(=N)N1CCOC2CCCCC21. The van der Waals surface area contributed by atoms with E-state index in [1.54, 1.807) is 0 Å². The maximum absolute atomic E-state index is 8.13. The van der Waals surface area contributed by atoms with E-state index in [0.29, 0.717) is 18.1 Å². The van der Waals surface area contributed by atoms with Crippen LogP contribution in [0.5, 0.6) is 0 Å². The van der Waals surface area contributed by atoms with Gasteiger partial charge >= 0.3 is 0 Å². The Morgan fingerprint density at radius 1 is 1.33 bits per heavy atom. The number of ether oxygens (including phenoxy) is 1. The van der Waals surface area contributed by atoms with E-state index in [2.05, 4.69) is 18.7 Å². The highest BCUT2D eigenvalue weighted by molar-refractivity contribution is 5.81. The average Bonchev–Trinajstić information content (AvgIpc) is 2.27. The van der Waals surface area contributed by atoms with E-state index in [4.69, 9.17) is 10.1 Å². The summed E-state index contributed by atoms with van der Waals surface area (Å²) in [6.45, 7) is 5.93. The third-order valence-corrected chi connectivity index (χ3v) is 3.59. The molecule has 2 atom stereocenters. The predicted octanol–water partition coefficient (Wildman–Crippen LogP) is 2.26. The second-order valence-electron chi connectivity index (χ2n) is 4.99. The molecule has 2 aliphatic rings. The van der Waals surface area contributed by atoms with Gasteiger partial charge in [0.1, 0.15) is 0 Å². The number of morpholine rings is 1. The molecule has 1 aliphatic heterocycles. The molecule has 0 bridgehead atoms. The van der Waals surface area contributed by atoms with Gasteiger partial charge in [-0.2, -0.15) is 0 Å². The lowest BCUT2D eigenvalue weighted by atomic mass is 9.89. The molecule has 3 nitrogen and oxygen atoms in total. The zero-order chi connectivity index (χ0) is 10.8. The van der Waals surface area contributed by atoms with Crippen molar-refractivity contribution >= 4 is 5.84 Å². The summed E-state index contributed by atoms with van der Waals surface area (Å²) >= 11 is 0. The summed E-state index contributed by atoms with van der Waals surface area (Å²) in [5, 5.41) is 8.13. The highest BCUT2D eigenvalue weighted by Crippen LogP contribution is 2.29. The van der Waals surface area contributed by atoms with E-state index in [0.717, 1.165) is 19.0 Å². The third-order valence-electron chi connectivity index (χ3n) is 3.59. The summed E-state index contributed by atoms with van der Waals surface area (Å²) < 4.78 is 5.80. The molecule has 1 aliphatic carbocycles. The lowest BCUT2D eigenvalue weighted by Gasteiger charge is -2.45. The van der Waals surface area contributed by atoms with Crippen LogP contribution in [-0.4, -0.2) is 36.0 Å². The van der Waals surface area contributed by atoms with Gasteiger partial charge in [-0.3, -0.25) is 5.41 Å². The molecular weight excluding hydrogens is 188 g/mol. The minimum absolute atomic E-state index is 0.339. The highest BCUT2D eigenvalue weighted by Gasteiger charge is 2.35. The lowest BCUT2D eigenvalue weighted by molar-refractivity contribution is -0.0651. The first-order valence-electron chi connectivity index (χ1n) is 6.17. The van der Waals surface area contributed by atoms with Crippen molar-refractivity contribution in [2.75, 3.05) is 13.2 Å². The first-order chi connectivity index (χ1) is 7.20. The summed E-state index contributed by atoms with van der Waals surface area (Å²) in [7, 11) is 0. The fourth-order valence-electron chi connectivity index (χ4n) is 2.73. The second-order valence-corrected chi connectivity index (χ2v) is 4.99. The van der Waals surface area contributed by atoms with Crippen LogP contribution in [0.2, 0.25) is 0 Å². The molecule has 3 heteroatoms. The van der Waals surface area contributed by atoms with Crippen molar-refractivity contribution in [3.8, 4) is 0 Å². The molecule has 0 aromatic heterocycles. The quantitative estimate of drug-likeness (QED) is 0.532. The van der Waals surface area contributed by atoms with Crippen LogP contribution in [0.1, 0.15) is 39.5 Å². The second kappa shape index (κ2) is 4.52. The normalized spacial score (nSPS) is 31.5. The van der Waals surface area contributed by atoms with Crippen molar-refractivity contribution in [1.29, 1.82) is 5.41 Å². The van der Waals surface area contributed by atoms with Crippen molar-refractivity contribution in [2.24, 2.45) is 5.92 Å². The maximum Gasteiger partial charge on any atom is 0.0988 e. The Kier molecular flexibility index (Phi) is 3.29. The molecule has 86 valence electrons. The van der Waals surface area contributed by atoms with Gasteiger partial charge in [0.15, 0.2) is 0 Å². The number of nitrogens with one attached hydrogen (secondary N) is 1. The largest absolute Gasteiger partial charge is 0.374 e. The van der Waals surface area contributed by atoms with Crippen molar-refractivity contribution in [3.05, 3.63) is 0 Å². The molecule has 0 aromatic rings. The number of hydrogen-bond acceptors (Lipinski definition) is 2. The molecule has 0 amide bonds. The first-order valence-corrected chi connectivity index (χ1v) is 6.17. The molecule has 2 unspecified atom stereocenters. The summed E-state index contributed by atoms with van der Waals surface area (Å²) in [4.78, 5) is 2.29. The summed E-state index contributed by atoms with van der Waals surface area (Å²) in [6.07, 6.45) is 5.38. The van der Waals surface area contributed by atoms with Crippen molar-refractivity contribution in [2.45, 2.75) is 51.7 Å². The molecule has 0 radical (unpaired) electrons. The Morgan fingerprint density at radius 3 is 2.80 bits per heavy atom. The average molecular weight is 210 g/mol. The Hall–Kier alpha value is -0.570. The molecule has 15 heavy (non-hydrogen) atoms. The van der Waals surface area contributed by atoms with Gasteiger partial charge in [0.05, 0.1) is 24.6 Å². The zero-order valence-electron chi connectivity index (χ0n) is 9.83. The Balaban J connectivity index is 2.06. The summed E-state index contributed by atoms with van der Waals surface area (Å²) in [5.74, 6) is 1.14. The van der Waals surface area contributed by atoms with E-state index in [1.807, 2.05) is 0 Å². The van der Waals surface area contributed by atoms with Crippen LogP contribution < -0.4 is 0 Å². The monoisotopic (exact) mass is 210 g/mol. The van der Waals surface area contributed by atoms with Crippen LogP contribution in [-0.2, 0) is 4.74 Å². The standard InChI is InChI=1S/C12H22N2O/c1-9(2)12(13)14-7-8-15-11-6-4-3-5-10(11)14/h9-11,13H,3-8H2,1-2H3. The number of fused-ring (bicyclic) bond motifs is 1.